The smallest absolute Gasteiger partial charge is 0.233 e. The van der Waals surface area contributed by atoms with E-state index in [4.69, 9.17) is 11.6 Å². The maximum atomic E-state index is 13.3. The SMILES string of the molecule is CN(C)C1CCCCC1N(C)C(=O)C1(c2ccc(Cl)cc2)CC1. The van der Waals surface area contributed by atoms with E-state index in [2.05, 4.69) is 19.0 Å². The van der Waals surface area contributed by atoms with E-state index in [-0.39, 0.29) is 5.41 Å². The Morgan fingerprint density at radius 2 is 1.61 bits per heavy atom. The van der Waals surface area contributed by atoms with Crippen molar-refractivity contribution in [3.05, 3.63) is 34.9 Å². The van der Waals surface area contributed by atoms with Gasteiger partial charge in [-0.3, -0.25) is 4.79 Å². The second kappa shape index (κ2) is 6.45. The summed E-state index contributed by atoms with van der Waals surface area (Å²) in [4.78, 5) is 17.6. The van der Waals surface area contributed by atoms with Crippen molar-refractivity contribution in [2.45, 2.75) is 56.0 Å². The number of carbonyl (C=O) groups is 1. The van der Waals surface area contributed by atoms with E-state index >= 15 is 0 Å². The molecule has 0 N–H and O–H groups in total. The van der Waals surface area contributed by atoms with E-state index < -0.39 is 0 Å². The summed E-state index contributed by atoms with van der Waals surface area (Å²) in [6.07, 6.45) is 6.70. The fourth-order valence-electron chi connectivity index (χ4n) is 4.15. The van der Waals surface area contributed by atoms with Gasteiger partial charge in [-0.25, -0.2) is 0 Å². The van der Waals surface area contributed by atoms with Crippen LogP contribution in [-0.4, -0.2) is 48.9 Å². The number of amides is 1. The largest absolute Gasteiger partial charge is 0.340 e. The first-order valence-corrected chi connectivity index (χ1v) is 9.03. The minimum Gasteiger partial charge on any atom is -0.340 e. The molecule has 2 fully saturated rings. The summed E-state index contributed by atoms with van der Waals surface area (Å²) in [5.74, 6) is 0.290. The maximum absolute atomic E-state index is 13.3. The highest BCUT2D eigenvalue weighted by atomic mass is 35.5. The summed E-state index contributed by atoms with van der Waals surface area (Å²) in [5, 5.41) is 0.727. The van der Waals surface area contributed by atoms with E-state index in [1.165, 1.54) is 19.3 Å². The van der Waals surface area contributed by atoms with Crippen molar-refractivity contribution < 1.29 is 4.79 Å². The molecule has 2 atom stereocenters. The maximum Gasteiger partial charge on any atom is 0.233 e. The van der Waals surface area contributed by atoms with Gasteiger partial charge < -0.3 is 9.80 Å². The lowest BCUT2D eigenvalue weighted by Gasteiger charge is -2.42. The molecule has 3 nitrogen and oxygen atoms in total. The Labute approximate surface area is 144 Å². The lowest BCUT2D eigenvalue weighted by Crippen LogP contribution is -2.53. The van der Waals surface area contributed by atoms with Crippen molar-refractivity contribution >= 4 is 17.5 Å². The van der Waals surface area contributed by atoms with Gasteiger partial charge >= 0.3 is 0 Å². The van der Waals surface area contributed by atoms with Crippen molar-refractivity contribution in [2.75, 3.05) is 21.1 Å². The number of carbonyl (C=O) groups excluding carboxylic acids is 1. The van der Waals surface area contributed by atoms with Crippen molar-refractivity contribution in [2.24, 2.45) is 0 Å². The van der Waals surface area contributed by atoms with E-state index in [1.54, 1.807) is 0 Å². The average Bonchev–Trinajstić information content (AvgIpc) is 3.36. The summed E-state index contributed by atoms with van der Waals surface area (Å²) in [6, 6.07) is 8.63. The highest BCUT2D eigenvalue weighted by molar-refractivity contribution is 6.30. The number of likely N-dealkylation sites (N-methyl/N-ethyl adjacent to an activating group) is 2. The lowest BCUT2D eigenvalue weighted by atomic mass is 9.86. The van der Waals surface area contributed by atoms with Crippen LogP contribution in [0.4, 0.5) is 0 Å². The molecule has 2 aliphatic carbocycles. The third-order valence-electron chi connectivity index (χ3n) is 5.73. The molecule has 126 valence electrons. The van der Waals surface area contributed by atoms with Crippen LogP contribution in [0.25, 0.3) is 0 Å². The molecule has 2 aliphatic rings. The lowest BCUT2D eigenvalue weighted by molar-refractivity contribution is -0.136. The van der Waals surface area contributed by atoms with Crippen LogP contribution in [0.2, 0.25) is 5.02 Å². The summed E-state index contributed by atoms with van der Waals surface area (Å²) in [7, 11) is 6.27. The highest BCUT2D eigenvalue weighted by Gasteiger charge is 2.53. The van der Waals surface area contributed by atoms with Crippen molar-refractivity contribution in [1.82, 2.24) is 9.80 Å². The molecule has 4 heteroatoms. The molecule has 2 unspecified atom stereocenters. The van der Waals surface area contributed by atoms with Gasteiger partial charge in [0, 0.05) is 24.2 Å². The molecule has 2 saturated carbocycles. The highest BCUT2D eigenvalue weighted by Crippen LogP contribution is 2.50. The fourth-order valence-corrected chi connectivity index (χ4v) is 4.28. The van der Waals surface area contributed by atoms with Crippen LogP contribution in [0.5, 0.6) is 0 Å². The second-order valence-corrected chi connectivity index (χ2v) is 7.82. The van der Waals surface area contributed by atoms with Crippen molar-refractivity contribution in [1.29, 1.82) is 0 Å². The quantitative estimate of drug-likeness (QED) is 0.838. The first-order chi connectivity index (χ1) is 11.0. The number of benzene rings is 1. The zero-order valence-corrected chi connectivity index (χ0v) is 15.1. The third-order valence-corrected chi connectivity index (χ3v) is 5.98. The summed E-state index contributed by atoms with van der Waals surface area (Å²) in [5.41, 5.74) is 0.823. The van der Waals surface area contributed by atoms with E-state index in [0.29, 0.717) is 18.0 Å². The summed E-state index contributed by atoms with van der Waals surface area (Å²) in [6.45, 7) is 0. The van der Waals surface area contributed by atoms with Crippen LogP contribution in [0.3, 0.4) is 0 Å². The monoisotopic (exact) mass is 334 g/mol. The Balaban J connectivity index is 1.80. The summed E-state index contributed by atoms with van der Waals surface area (Å²) < 4.78 is 0. The number of nitrogens with zero attached hydrogens (tertiary/aromatic N) is 2. The van der Waals surface area contributed by atoms with Crippen LogP contribution in [-0.2, 0) is 10.2 Å². The van der Waals surface area contributed by atoms with Gasteiger partial charge in [0.05, 0.1) is 5.41 Å². The molecule has 0 aliphatic heterocycles. The van der Waals surface area contributed by atoms with Gasteiger partial charge in [0.25, 0.3) is 0 Å². The van der Waals surface area contributed by atoms with Gasteiger partial charge in [0.2, 0.25) is 5.91 Å². The minimum absolute atomic E-state index is 0.290. The first-order valence-electron chi connectivity index (χ1n) is 8.65. The van der Waals surface area contributed by atoms with Crippen LogP contribution in [0, 0.1) is 0 Å². The first kappa shape index (κ1) is 16.8. The number of hydrogen-bond acceptors (Lipinski definition) is 2. The van der Waals surface area contributed by atoms with Gasteiger partial charge in [-0.15, -0.1) is 0 Å². The number of hydrogen-bond donors (Lipinski definition) is 0. The molecule has 0 spiro atoms. The third kappa shape index (κ3) is 3.14. The number of halogens is 1. The van der Waals surface area contributed by atoms with Crippen LogP contribution < -0.4 is 0 Å². The normalized spacial score (nSPS) is 26.1. The standard InChI is InChI=1S/C19H27ClN2O/c1-21(2)16-6-4-5-7-17(16)22(3)18(23)19(12-13-19)14-8-10-15(20)11-9-14/h8-11,16-17H,4-7,12-13H2,1-3H3. The van der Waals surface area contributed by atoms with Crippen LogP contribution in [0.15, 0.2) is 24.3 Å². The molecule has 1 aromatic carbocycles. The minimum atomic E-state index is -0.298. The van der Waals surface area contributed by atoms with Gasteiger partial charge in [0.1, 0.15) is 0 Å². The zero-order chi connectivity index (χ0) is 16.6. The van der Waals surface area contributed by atoms with E-state index in [9.17, 15) is 4.79 Å². The van der Waals surface area contributed by atoms with Gasteiger partial charge in [0.15, 0.2) is 0 Å². The Morgan fingerprint density at radius 3 is 2.13 bits per heavy atom. The Kier molecular flexibility index (Phi) is 4.70. The molecule has 1 amide bonds. The molecule has 23 heavy (non-hydrogen) atoms. The van der Waals surface area contributed by atoms with E-state index in [0.717, 1.165) is 29.8 Å². The van der Waals surface area contributed by atoms with Crippen molar-refractivity contribution in [3.8, 4) is 0 Å². The fraction of sp³-hybridized carbons (Fsp3) is 0.632. The molecule has 3 rings (SSSR count). The Hall–Kier alpha value is -1.06. The molecule has 1 aromatic rings. The number of rotatable bonds is 4. The topological polar surface area (TPSA) is 23.6 Å². The van der Waals surface area contributed by atoms with Crippen LogP contribution in [0.1, 0.15) is 44.1 Å². The van der Waals surface area contributed by atoms with Gasteiger partial charge in [-0.05, 0) is 57.5 Å². The predicted molar refractivity (Wildman–Crippen MR) is 94.9 cm³/mol. The van der Waals surface area contributed by atoms with Crippen molar-refractivity contribution in [3.63, 3.8) is 0 Å². The summed E-state index contributed by atoms with van der Waals surface area (Å²) >= 11 is 6.00. The predicted octanol–water partition coefficient (Wildman–Crippen LogP) is 3.70. The second-order valence-electron chi connectivity index (χ2n) is 7.39. The molecule has 0 radical (unpaired) electrons. The zero-order valence-electron chi connectivity index (χ0n) is 14.4. The van der Waals surface area contributed by atoms with Gasteiger partial charge in [-0.2, -0.15) is 0 Å². The molecular weight excluding hydrogens is 308 g/mol. The average molecular weight is 335 g/mol. The molecule has 0 bridgehead atoms. The van der Waals surface area contributed by atoms with Crippen LogP contribution >= 0.6 is 11.6 Å². The molecular formula is C19H27ClN2O. The Bertz CT molecular complexity index is 565. The Morgan fingerprint density at radius 1 is 1.04 bits per heavy atom. The van der Waals surface area contributed by atoms with E-state index in [1.807, 2.05) is 36.2 Å². The molecule has 0 aromatic heterocycles. The molecule has 0 heterocycles. The molecule has 0 saturated heterocycles. The van der Waals surface area contributed by atoms with Gasteiger partial charge in [-0.1, -0.05) is 36.6 Å².